The van der Waals surface area contributed by atoms with Crippen molar-refractivity contribution >= 4 is 52.7 Å². The predicted molar refractivity (Wildman–Crippen MR) is 122 cm³/mol. The Morgan fingerprint density at radius 1 is 1.24 bits per heavy atom. The molecule has 0 heterocycles. The van der Waals surface area contributed by atoms with E-state index < -0.39 is 44.9 Å². The van der Waals surface area contributed by atoms with E-state index in [-0.39, 0.29) is 22.7 Å². The number of rotatable bonds is 8. The summed E-state index contributed by atoms with van der Waals surface area (Å²) in [4.78, 5) is 24.7. The maximum Gasteiger partial charge on any atom is 0.266 e. The minimum absolute atomic E-state index is 0.0968. The van der Waals surface area contributed by atoms with Crippen LogP contribution >= 0.6 is 34.8 Å². The van der Waals surface area contributed by atoms with Crippen molar-refractivity contribution in [2.24, 2.45) is 5.41 Å². The molecule has 0 aliphatic heterocycles. The molecule has 2 N–H and O–H groups in total. The molecular formula is C23H17Cl3F3N3O2. The van der Waals surface area contributed by atoms with Crippen molar-refractivity contribution in [1.82, 2.24) is 5.32 Å². The quantitative estimate of drug-likeness (QED) is 0.335. The van der Waals surface area contributed by atoms with Crippen LogP contribution in [0.1, 0.15) is 46.7 Å². The topological polar surface area (TPSA) is 82.0 Å². The standard InChI is InChI=1S/C23H17Cl3F3N3O2/c24-16-3-2-13(8-14(16)20(34)32-21(9-30)5-6-21)31-10-22(11-33)18(23(22,25)26)12-1-4-17(27)15(7-12)19(28)29/h1-4,7-8,11,18-19,31H,5-6,10H2,(H,32,34). The van der Waals surface area contributed by atoms with Crippen molar-refractivity contribution < 1.29 is 22.8 Å². The Labute approximate surface area is 208 Å². The summed E-state index contributed by atoms with van der Waals surface area (Å²) in [5.74, 6) is -2.45. The van der Waals surface area contributed by atoms with E-state index in [9.17, 15) is 28.0 Å². The Balaban J connectivity index is 1.55. The molecule has 2 aromatic carbocycles. The summed E-state index contributed by atoms with van der Waals surface area (Å²) in [5, 5.41) is 15.0. The number of hydrogen-bond acceptors (Lipinski definition) is 4. The summed E-state index contributed by atoms with van der Waals surface area (Å²) >= 11 is 19.0. The maximum atomic E-state index is 13.7. The molecule has 0 saturated heterocycles. The van der Waals surface area contributed by atoms with E-state index in [0.717, 1.165) is 12.1 Å². The van der Waals surface area contributed by atoms with Gasteiger partial charge in [-0.15, -0.1) is 0 Å². The fourth-order valence-electron chi connectivity index (χ4n) is 4.03. The van der Waals surface area contributed by atoms with Gasteiger partial charge in [-0.05, 0) is 48.7 Å². The minimum Gasteiger partial charge on any atom is -0.384 e. The monoisotopic (exact) mass is 529 g/mol. The number of nitrogens with one attached hydrogen (secondary N) is 2. The highest BCUT2D eigenvalue weighted by atomic mass is 35.5. The summed E-state index contributed by atoms with van der Waals surface area (Å²) in [7, 11) is 0. The van der Waals surface area contributed by atoms with Crippen molar-refractivity contribution in [1.29, 1.82) is 5.26 Å². The molecule has 11 heteroatoms. The van der Waals surface area contributed by atoms with Gasteiger partial charge in [-0.2, -0.15) is 5.26 Å². The minimum atomic E-state index is -3.04. The van der Waals surface area contributed by atoms with Gasteiger partial charge in [0, 0.05) is 18.2 Å². The molecule has 2 aromatic rings. The zero-order valence-electron chi connectivity index (χ0n) is 17.3. The highest BCUT2D eigenvalue weighted by Crippen LogP contribution is 2.73. The highest BCUT2D eigenvalue weighted by Gasteiger charge is 2.76. The van der Waals surface area contributed by atoms with Crippen LogP contribution in [0.5, 0.6) is 0 Å². The lowest BCUT2D eigenvalue weighted by Gasteiger charge is -2.16. The van der Waals surface area contributed by atoms with Gasteiger partial charge in [0.1, 0.15) is 22.0 Å². The number of carbonyl (C=O) groups is 2. The molecule has 4 rings (SSSR count). The third-order valence-corrected chi connectivity index (χ3v) is 7.80. The zero-order chi connectivity index (χ0) is 24.9. The lowest BCUT2D eigenvalue weighted by Crippen LogP contribution is -2.35. The molecule has 0 aromatic heterocycles. The Kier molecular flexibility index (Phi) is 6.26. The van der Waals surface area contributed by atoms with E-state index in [0.29, 0.717) is 24.8 Å². The second kappa shape index (κ2) is 8.63. The molecular weight excluding hydrogens is 514 g/mol. The van der Waals surface area contributed by atoms with Crippen LogP contribution in [0.2, 0.25) is 5.02 Å². The van der Waals surface area contributed by atoms with Gasteiger partial charge in [0.25, 0.3) is 12.3 Å². The van der Waals surface area contributed by atoms with Gasteiger partial charge in [0.2, 0.25) is 0 Å². The van der Waals surface area contributed by atoms with Crippen molar-refractivity contribution in [3.63, 3.8) is 0 Å². The molecule has 0 spiro atoms. The SMILES string of the molecule is N#CC1(NC(=O)c2cc(NCC3(C=O)C(c4ccc(F)c(C(F)F)c4)C3(Cl)Cl)ccc2Cl)CC1. The molecule has 2 aliphatic rings. The van der Waals surface area contributed by atoms with E-state index >= 15 is 0 Å². The average Bonchev–Trinajstić information content (AvgIpc) is 3.67. The first-order valence-corrected chi connectivity index (χ1v) is 11.3. The first kappa shape index (κ1) is 24.6. The first-order valence-electron chi connectivity index (χ1n) is 10.2. The van der Waals surface area contributed by atoms with Gasteiger partial charge >= 0.3 is 0 Å². The van der Waals surface area contributed by atoms with Gasteiger partial charge in [-0.25, -0.2) is 13.2 Å². The summed E-state index contributed by atoms with van der Waals surface area (Å²) in [5.41, 5.74) is -2.33. The van der Waals surface area contributed by atoms with Crippen LogP contribution in [0, 0.1) is 22.6 Å². The molecule has 2 unspecified atom stereocenters. The average molecular weight is 531 g/mol. The van der Waals surface area contributed by atoms with E-state index in [1.54, 1.807) is 6.07 Å². The summed E-state index contributed by atoms with van der Waals surface area (Å²) in [6, 6.07) is 9.69. The van der Waals surface area contributed by atoms with E-state index in [2.05, 4.69) is 16.7 Å². The molecule has 2 atom stereocenters. The van der Waals surface area contributed by atoms with E-state index in [1.165, 1.54) is 18.2 Å². The van der Waals surface area contributed by atoms with Crippen LogP contribution in [0.15, 0.2) is 36.4 Å². The van der Waals surface area contributed by atoms with Crippen LogP contribution in [-0.2, 0) is 4.79 Å². The molecule has 5 nitrogen and oxygen atoms in total. The molecule has 34 heavy (non-hydrogen) atoms. The number of nitriles is 1. The largest absolute Gasteiger partial charge is 0.384 e. The Bertz CT molecular complexity index is 1210. The van der Waals surface area contributed by atoms with Gasteiger partial charge in [0.15, 0.2) is 0 Å². The lowest BCUT2D eigenvalue weighted by molar-refractivity contribution is -0.112. The van der Waals surface area contributed by atoms with Gasteiger partial charge in [0.05, 0.1) is 27.6 Å². The fraction of sp³-hybridized carbons (Fsp3) is 0.348. The number of amides is 1. The maximum absolute atomic E-state index is 13.7. The third-order valence-electron chi connectivity index (χ3n) is 6.33. The number of benzene rings is 2. The number of anilines is 1. The van der Waals surface area contributed by atoms with Crippen molar-refractivity contribution in [3.8, 4) is 6.07 Å². The molecule has 0 bridgehead atoms. The third kappa shape index (κ3) is 4.10. The first-order chi connectivity index (χ1) is 16.0. The Morgan fingerprint density at radius 2 is 1.94 bits per heavy atom. The lowest BCUT2D eigenvalue weighted by atomic mass is 9.98. The molecule has 1 amide bonds. The van der Waals surface area contributed by atoms with Crippen molar-refractivity contribution in [3.05, 3.63) is 63.9 Å². The number of alkyl halides is 4. The predicted octanol–water partition coefficient (Wildman–Crippen LogP) is 5.77. The number of halogens is 6. The zero-order valence-corrected chi connectivity index (χ0v) is 19.6. The fourth-order valence-corrected chi connectivity index (χ4v) is 5.21. The van der Waals surface area contributed by atoms with E-state index in [1.807, 2.05) is 0 Å². The number of carbonyl (C=O) groups excluding carboxylic acids is 2. The number of aldehydes is 1. The smallest absolute Gasteiger partial charge is 0.266 e. The molecule has 2 fully saturated rings. The van der Waals surface area contributed by atoms with Crippen LogP contribution in [0.25, 0.3) is 0 Å². The van der Waals surface area contributed by atoms with Crippen LogP contribution < -0.4 is 10.6 Å². The molecule has 2 saturated carbocycles. The van der Waals surface area contributed by atoms with Gasteiger partial charge in [-0.1, -0.05) is 40.9 Å². The van der Waals surface area contributed by atoms with Gasteiger partial charge < -0.3 is 15.4 Å². The summed E-state index contributed by atoms with van der Waals surface area (Å²) < 4.78 is 38.4. The Hall–Kier alpha value is -2.47. The second-order valence-corrected chi connectivity index (χ2v) is 10.3. The number of nitrogens with zero attached hydrogens (tertiary/aromatic N) is 1. The van der Waals surface area contributed by atoms with Crippen molar-refractivity contribution in [2.45, 2.75) is 35.1 Å². The normalized spacial score (nSPS) is 23.6. The van der Waals surface area contributed by atoms with Crippen LogP contribution in [0.3, 0.4) is 0 Å². The number of hydrogen-bond donors (Lipinski definition) is 2. The summed E-state index contributed by atoms with van der Waals surface area (Å²) in [6.45, 7) is -0.0968. The van der Waals surface area contributed by atoms with Crippen LogP contribution in [-0.4, -0.2) is 28.6 Å². The van der Waals surface area contributed by atoms with Crippen molar-refractivity contribution in [2.75, 3.05) is 11.9 Å². The highest BCUT2D eigenvalue weighted by molar-refractivity contribution is 6.54. The van der Waals surface area contributed by atoms with Crippen LogP contribution in [0.4, 0.5) is 18.9 Å². The molecule has 0 radical (unpaired) electrons. The van der Waals surface area contributed by atoms with Gasteiger partial charge in [-0.3, -0.25) is 4.79 Å². The summed E-state index contributed by atoms with van der Waals surface area (Å²) in [6.07, 6.45) is -1.39. The molecule has 2 aliphatic carbocycles. The second-order valence-electron chi connectivity index (χ2n) is 8.49. The Morgan fingerprint density at radius 3 is 2.53 bits per heavy atom. The molecule has 178 valence electrons. The van der Waals surface area contributed by atoms with E-state index in [4.69, 9.17) is 34.8 Å².